The SMILES string of the molecule is COc1cccc([C@H]2Oc3ccccc3[C@@H]3CC(c4ccc(Cl)cc4)=NN23)c1. The molecule has 0 radical (unpaired) electrons. The lowest BCUT2D eigenvalue weighted by molar-refractivity contribution is -0.0191. The molecule has 140 valence electrons. The quantitative estimate of drug-likeness (QED) is 0.584. The van der Waals surface area contributed by atoms with Gasteiger partial charge in [0.25, 0.3) is 0 Å². The normalized spacial score (nSPS) is 20.1. The molecule has 0 spiro atoms. The zero-order chi connectivity index (χ0) is 19.1. The van der Waals surface area contributed by atoms with Crippen LogP contribution in [0.3, 0.4) is 0 Å². The maximum absolute atomic E-state index is 6.38. The minimum atomic E-state index is -0.306. The highest BCUT2D eigenvalue weighted by molar-refractivity contribution is 6.30. The van der Waals surface area contributed by atoms with Gasteiger partial charge in [0.1, 0.15) is 11.5 Å². The summed E-state index contributed by atoms with van der Waals surface area (Å²) in [6.45, 7) is 0. The van der Waals surface area contributed by atoms with Crippen molar-refractivity contribution in [1.82, 2.24) is 5.01 Å². The molecule has 2 heterocycles. The van der Waals surface area contributed by atoms with E-state index in [2.05, 4.69) is 11.1 Å². The third kappa shape index (κ3) is 2.90. The molecule has 28 heavy (non-hydrogen) atoms. The molecule has 2 aliphatic heterocycles. The number of ether oxygens (including phenoxy) is 2. The topological polar surface area (TPSA) is 34.1 Å². The Balaban J connectivity index is 1.59. The summed E-state index contributed by atoms with van der Waals surface area (Å²) in [6, 6.07) is 24.2. The van der Waals surface area contributed by atoms with Gasteiger partial charge in [0.15, 0.2) is 0 Å². The van der Waals surface area contributed by atoms with Crippen LogP contribution in [-0.4, -0.2) is 17.8 Å². The largest absolute Gasteiger partial charge is 0.497 e. The average molecular weight is 391 g/mol. The number of halogens is 1. The maximum atomic E-state index is 6.38. The van der Waals surface area contributed by atoms with Crippen LogP contribution in [0.5, 0.6) is 11.5 Å². The van der Waals surface area contributed by atoms with Crippen LogP contribution in [0.2, 0.25) is 5.02 Å². The summed E-state index contributed by atoms with van der Waals surface area (Å²) in [5, 5.41) is 7.76. The number of nitrogens with zero attached hydrogens (tertiary/aromatic N) is 2. The number of para-hydroxylation sites is 1. The van der Waals surface area contributed by atoms with Crippen LogP contribution >= 0.6 is 11.6 Å². The number of fused-ring (bicyclic) bond motifs is 3. The van der Waals surface area contributed by atoms with E-state index in [1.807, 2.05) is 66.7 Å². The standard InChI is InChI=1S/C23H19ClN2O2/c1-27-18-6-4-5-16(13-18)23-26-21(19-7-2-3-8-22(19)28-23)14-20(25-26)15-9-11-17(24)12-10-15/h2-13,21,23H,14H2,1H3/t21-,23+/m0/s1. The molecule has 2 aliphatic rings. The van der Waals surface area contributed by atoms with Crippen molar-refractivity contribution in [2.45, 2.75) is 18.7 Å². The predicted octanol–water partition coefficient (Wildman–Crippen LogP) is 5.59. The van der Waals surface area contributed by atoms with Crippen molar-refractivity contribution in [2.24, 2.45) is 5.10 Å². The van der Waals surface area contributed by atoms with Gasteiger partial charge in [0.2, 0.25) is 6.23 Å². The summed E-state index contributed by atoms with van der Waals surface area (Å²) in [4.78, 5) is 0. The fourth-order valence-electron chi connectivity index (χ4n) is 3.87. The Morgan fingerprint density at radius 3 is 2.68 bits per heavy atom. The van der Waals surface area contributed by atoms with Crippen molar-refractivity contribution >= 4 is 17.3 Å². The van der Waals surface area contributed by atoms with Gasteiger partial charge in [-0.3, -0.25) is 0 Å². The molecule has 0 aliphatic carbocycles. The third-order valence-electron chi connectivity index (χ3n) is 5.26. The van der Waals surface area contributed by atoms with E-state index in [9.17, 15) is 0 Å². The van der Waals surface area contributed by atoms with Crippen LogP contribution < -0.4 is 9.47 Å². The van der Waals surface area contributed by atoms with E-state index in [0.717, 1.165) is 45.3 Å². The van der Waals surface area contributed by atoms with Crippen LogP contribution in [-0.2, 0) is 0 Å². The molecule has 0 aromatic heterocycles. The van der Waals surface area contributed by atoms with E-state index >= 15 is 0 Å². The first-order chi connectivity index (χ1) is 13.7. The fourth-order valence-corrected chi connectivity index (χ4v) is 3.99. The third-order valence-corrected chi connectivity index (χ3v) is 5.51. The lowest BCUT2D eigenvalue weighted by Crippen LogP contribution is -2.33. The number of hydrogen-bond acceptors (Lipinski definition) is 4. The van der Waals surface area contributed by atoms with Crippen molar-refractivity contribution in [1.29, 1.82) is 0 Å². The molecular formula is C23H19ClN2O2. The number of methoxy groups -OCH3 is 1. The van der Waals surface area contributed by atoms with E-state index in [1.54, 1.807) is 7.11 Å². The smallest absolute Gasteiger partial charge is 0.214 e. The second-order valence-corrected chi connectivity index (χ2v) is 7.37. The molecule has 0 saturated heterocycles. The van der Waals surface area contributed by atoms with Crippen LogP contribution in [0.25, 0.3) is 0 Å². The Morgan fingerprint density at radius 1 is 1.04 bits per heavy atom. The first kappa shape index (κ1) is 17.1. The summed E-state index contributed by atoms with van der Waals surface area (Å²) in [6.07, 6.45) is 0.516. The van der Waals surface area contributed by atoms with Gasteiger partial charge < -0.3 is 9.47 Å². The minimum absolute atomic E-state index is 0.131. The summed E-state index contributed by atoms with van der Waals surface area (Å²) >= 11 is 6.06. The van der Waals surface area contributed by atoms with E-state index in [4.69, 9.17) is 26.2 Å². The van der Waals surface area contributed by atoms with Gasteiger partial charge in [0.05, 0.1) is 18.9 Å². The van der Waals surface area contributed by atoms with Crippen LogP contribution in [0.15, 0.2) is 77.9 Å². The van der Waals surface area contributed by atoms with Crippen molar-refractivity contribution in [3.05, 3.63) is 94.5 Å². The van der Waals surface area contributed by atoms with Gasteiger partial charge in [-0.05, 0) is 35.9 Å². The van der Waals surface area contributed by atoms with Crippen molar-refractivity contribution in [2.75, 3.05) is 7.11 Å². The zero-order valence-electron chi connectivity index (χ0n) is 15.4. The molecule has 4 nitrogen and oxygen atoms in total. The molecule has 0 N–H and O–H groups in total. The number of hydrogen-bond donors (Lipinski definition) is 0. The molecule has 3 aromatic carbocycles. The molecule has 5 heteroatoms. The van der Waals surface area contributed by atoms with Gasteiger partial charge in [-0.25, -0.2) is 5.01 Å². The van der Waals surface area contributed by atoms with Gasteiger partial charge in [0, 0.05) is 22.6 Å². The molecule has 0 bridgehead atoms. The Kier molecular flexibility index (Phi) is 4.21. The Morgan fingerprint density at radius 2 is 1.86 bits per heavy atom. The minimum Gasteiger partial charge on any atom is -0.497 e. The van der Waals surface area contributed by atoms with Crippen LogP contribution in [0.1, 0.15) is 35.4 Å². The number of benzene rings is 3. The second-order valence-electron chi connectivity index (χ2n) is 6.94. The molecule has 2 atom stereocenters. The molecule has 3 aromatic rings. The van der Waals surface area contributed by atoms with Crippen molar-refractivity contribution in [3.63, 3.8) is 0 Å². The van der Waals surface area contributed by atoms with Crippen LogP contribution in [0, 0.1) is 0 Å². The number of rotatable bonds is 3. The Hall–Kier alpha value is -2.98. The van der Waals surface area contributed by atoms with E-state index in [0.29, 0.717) is 0 Å². The highest BCUT2D eigenvalue weighted by Gasteiger charge is 2.40. The predicted molar refractivity (Wildman–Crippen MR) is 110 cm³/mol. The lowest BCUT2D eigenvalue weighted by atomic mass is 9.96. The first-order valence-electron chi connectivity index (χ1n) is 9.24. The summed E-state index contributed by atoms with van der Waals surface area (Å²) < 4.78 is 11.8. The van der Waals surface area contributed by atoms with Crippen molar-refractivity contribution < 1.29 is 9.47 Å². The van der Waals surface area contributed by atoms with E-state index < -0.39 is 0 Å². The van der Waals surface area contributed by atoms with E-state index in [1.165, 1.54) is 0 Å². The average Bonchev–Trinajstić information content (AvgIpc) is 3.19. The van der Waals surface area contributed by atoms with Gasteiger partial charge in [-0.15, -0.1) is 0 Å². The Bertz CT molecular complexity index is 1050. The van der Waals surface area contributed by atoms with E-state index in [-0.39, 0.29) is 12.3 Å². The zero-order valence-corrected chi connectivity index (χ0v) is 16.1. The molecule has 0 amide bonds. The highest BCUT2D eigenvalue weighted by Crippen LogP contribution is 2.47. The van der Waals surface area contributed by atoms with Crippen LogP contribution in [0.4, 0.5) is 0 Å². The summed E-state index contributed by atoms with van der Waals surface area (Å²) in [7, 11) is 1.67. The molecule has 0 fully saturated rings. The second kappa shape index (κ2) is 6.88. The maximum Gasteiger partial charge on any atom is 0.214 e. The van der Waals surface area contributed by atoms with Gasteiger partial charge in [-0.2, -0.15) is 5.10 Å². The molecular weight excluding hydrogens is 372 g/mol. The monoisotopic (exact) mass is 390 g/mol. The molecule has 0 unspecified atom stereocenters. The highest BCUT2D eigenvalue weighted by atomic mass is 35.5. The van der Waals surface area contributed by atoms with Gasteiger partial charge >= 0.3 is 0 Å². The van der Waals surface area contributed by atoms with Gasteiger partial charge in [-0.1, -0.05) is 54.1 Å². The fraction of sp³-hybridized carbons (Fsp3) is 0.174. The van der Waals surface area contributed by atoms with Crippen molar-refractivity contribution in [3.8, 4) is 11.5 Å². The molecule has 0 saturated carbocycles. The number of hydrazone groups is 1. The summed E-state index contributed by atoms with van der Waals surface area (Å²) in [5.74, 6) is 1.71. The Labute approximate surface area is 169 Å². The molecule has 5 rings (SSSR count). The lowest BCUT2D eigenvalue weighted by Gasteiger charge is -2.38. The summed E-state index contributed by atoms with van der Waals surface area (Å²) in [5.41, 5.74) is 4.30. The first-order valence-corrected chi connectivity index (χ1v) is 9.62.